The van der Waals surface area contributed by atoms with Crippen LogP contribution >= 0.6 is 11.6 Å². The molecular weight excluding hydrogens is 210 g/mol. The van der Waals surface area contributed by atoms with Gasteiger partial charge >= 0.3 is 0 Å². The fourth-order valence-corrected chi connectivity index (χ4v) is 1.76. The van der Waals surface area contributed by atoms with Crippen molar-refractivity contribution >= 4 is 17.4 Å². The van der Waals surface area contributed by atoms with E-state index in [9.17, 15) is 0 Å². The summed E-state index contributed by atoms with van der Waals surface area (Å²) in [6.45, 7) is 7.19. The molecular formula is C11H18ClN3. The predicted octanol–water partition coefficient (Wildman–Crippen LogP) is 2.85. The predicted molar refractivity (Wildman–Crippen MR) is 64.4 cm³/mol. The molecule has 0 aliphatic carbocycles. The third kappa shape index (κ3) is 4.04. The van der Waals surface area contributed by atoms with E-state index in [1.54, 1.807) is 12.4 Å². The van der Waals surface area contributed by atoms with Crippen LogP contribution in [0, 0.1) is 12.3 Å². The van der Waals surface area contributed by atoms with Crippen LogP contribution in [0.2, 0.25) is 0 Å². The van der Waals surface area contributed by atoms with Gasteiger partial charge in [-0.1, -0.05) is 13.8 Å². The highest BCUT2D eigenvalue weighted by atomic mass is 35.5. The molecule has 1 rings (SSSR count). The molecule has 1 heterocycles. The maximum absolute atomic E-state index is 5.74. The van der Waals surface area contributed by atoms with E-state index < -0.39 is 0 Å². The summed E-state index contributed by atoms with van der Waals surface area (Å²) in [4.78, 5) is 8.41. The zero-order chi connectivity index (χ0) is 11.3. The summed E-state index contributed by atoms with van der Waals surface area (Å²) in [5.41, 5.74) is 1.12. The number of aromatic nitrogens is 2. The van der Waals surface area contributed by atoms with Gasteiger partial charge in [0.05, 0.1) is 5.69 Å². The van der Waals surface area contributed by atoms with Crippen LogP contribution in [0.15, 0.2) is 12.4 Å². The SMILES string of the molecule is Cc1nccnc1NCC(C)(C)CCCl. The molecule has 0 saturated heterocycles. The zero-order valence-corrected chi connectivity index (χ0v) is 10.3. The lowest BCUT2D eigenvalue weighted by molar-refractivity contribution is 0.379. The van der Waals surface area contributed by atoms with Crippen molar-refractivity contribution in [2.45, 2.75) is 27.2 Å². The molecule has 0 amide bonds. The minimum atomic E-state index is 0.186. The van der Waals surface area contributed by atoms with Gasteiger partial charge in [0.15, 0.2) is 0 Å². The maximum atomic E-state index is 5.74. The fourth-order valence-electron chi connectivity index (χ4n) is 1.25. The molecule has 15 heavy (non-hydrogen) atoms. The standard InChI is InChI=1S/C11H18ClN3/c1-9-10(14-7-6-13-9)15-8-11(2,3)4-5-12/h6-7H,4-5,8H2,1-3H3,(H,14,15). The highest BCUT2D eigenvalue weighted by Gasteiger charge is 2.17. The molecule has 0 saturated carbocycles. The first-order valence-electron chi connectivity index (χ1n) is 5.12. The summed E-state index contributed by atoms with van der Waals surface area (Å²) in [7, 11) is 0. The Balaban J connectivity index is 2.53. The monoisotopic (exact) mass is 227 g/mol. The molecule has 0 fully saturated rings. The van der Waals surface area contributed by atoms with Crippen molar-refractivity contribution in [3.05, 3.63) is 18.1 Å². The summed E-state index contributed by atoms with van der Waals surface area (Å²) in [5.74, 6) is 1.55. The second-order valence-corrected chi connectivity index (χ2v) is 4.83. The van der Waals surface area contributed by atoms with Gasteiger partial charge < -0.3 is 5.32 Å². The Hall–Kier alpha value is -0.830. The van der Waals surface area contributed by atoms with Gasteiger partial charge in [-0.3, -0.25) is 4.98 Å². The molecule has 4 heteroatoms. The van der Waals surface area contributed by atoms with Crippen LogP contribution < -0.4 is 5.32 Å². The number of halogens is 1. The van der Waals surface area contributed by atoms with Gasteiger partial charge in [0.2, 0.25) is 0 Å². The Morgan fingerprint density at radius 1 is 1.33 bits per heavy atom. The third-order valence-electron chi connectivity index (χ3n) is 2.39. The Bertz CT molecular complexity index is 312. The van der Waals surface area contributed by atoms with E-state index in [2.05, 4.69) is 29.1 Å². The van der Waals surface area contributed by atoms with E-state index in [1.165, 1.54) is 0 Å². The second kappa shape index (κ2) is 5.31. The maximum Gasteiger partial charge on any atom is 0.147 e. The Morgan fingerprint density at radius 3 is 2.60 bits per heavy atom. The number of nitrogens with zero attached hydrogens (tertiary/aromatic N) is 2. The van der Waals surface area contributed by atoms with Crippen LogP contribution in [0.3, 0.4) is 0 Å². The first-order chi connectivity index (χ1) is 7.05. The topological polar surface area (TPSA) is 37.8 Å². The molecule has 1 aromatic heterocycles. The molecule has 0 unspecified atom stereocenters. The number of anilines is 1. The van der Waals surface area contributed by atoms with Gasteiger partial charge in [0.25, 0.3) is 0 Å². The minimum Gasteiger partial charge on any atom is -0.368 e. The quantitative estimate of drug-likeness (QED) is 0.787. The number of nitrogens with one attached hydrogen (secondary N) is 1. The molecule has 84 valence electrons. The lowest BCUT2D eigenvalue weighted by Gasteiger charge is -2.24. The average Bonchev–Trinajstić information content (AvgIpc) is 2.16. The van der Waals surface area contributed by atoms with Crippen LogP contribution in [0.25, 0.3) is 0 Å². The van der Waals surface area contributed by atoms with Gasteiger partial charge in [-0.2, -0.15) is 0 Å². The average molecular weight is 228 g/mol. The van der Waals surface area contributed by atoms with Crippen molar-refractivity contribution in [1.29, 1.82) is 0 Å². The molecule has 0 atom stereocenters. The van der Waals surface area contributed by atoms with Crippen LogP contribution in [-0.4, -0.2) is 22.4 Å². The van der Waals surface area contributed by atoms with Crippen molar-refractivity contribution < 1.29 is 0 Å². The van der Waals surface area contributed by atoms with Crippen LogP contribution in [0.1, 0.15) is 26.0 Å². The third-order valence-corrected chi connectivity index (χ3v) is 2.58. The minimum absolute atomic E-state index is 0.186. The van der Waals surface area contributed by atoms with Crippen molar-refractivity contribution in [1.82, 2.24) is 9.97 Å². The largest absolute Gasteiger partial charge is 0.368 e. The smallest absolute Gasteiger partial charge is 0.147 e. The van der Waals surface area contributed by atoms with E-state index in [-0.39, 0.29) is 5.41 Å². The number of aryl methyl sites for hydroxylation is 1. The molecule has 0 aliphatic rings. The van der Waals surface area contributed by atoms with E-state index in [0.717, 1.165) is 24.5 Å². The molecule has 1 N–H and O–H groups in total. The Kier molecular flexibility index (Phi) is 4.33. The first kappa shape index (κ1) is 12.2. The highest BCUT2D eigenvalue weighted by molar-refractivity contribution is 6.17. The Labute approximate surface area is 96.3 Å². The van der Waals surface area contributed by atoms with E-state index in [0.29, 0.717) is 5.88 Å². The molecule has 1 aromatic rings. The lowest BCUT2D eigenvalue weighted by atomic mass is 9.90. The van der Waals surface area contributed by atoms with Gasteiger partial charge in [0, 0.05) is 24.8 Å². The van der Waals surface area contributed by atoms with E-state index >= 15 is 0 Å². The normalized spacial score (nSPS) is 11.5. The van der Waals surface area contributed by atoms with Crippen LogP contribution in [-0.2, 0) is 0 Å². The number of rotatable bonds is 5. The van der Waals surface area contributed by atoms with Crippen LogP contribution in [0.5, 0.6) is 0 Å². The summed E-state index contributed by atoms with van der Waals surface area (Å²) >= 11 is 5.74. The highest BCUT2D eigenvalue weighted by Crippen LogP contribution is 2.21. The van der Waals surface area contributed by atoms with Gasteiger partial charge in [-0.05, 0) is 18.8 Å². The summed E-state index contributed by atoms with van der Waals surface area (Å²) < 4.78 is 0. The summed E-state index contributed by atoms with van der Waals surface area (Å²) in [6, 6.07) is 0. The zero-order valence-electron chi connectivity index (χ0n) is 9.55. The lowest BCUT2D eigenvalue weighted by Crippen LogP contribution is -2.24. The fraction of sp³-hybridized carbons (Fsp3) is 0.636. The van der Waals surface area contributed by atoms with Gasteiger partial charge in [0.1, 0.15) is 5.82 Å². The van der Waals surface area contributed by atoms with Crippen molar-refractivity contribution in [3.63, 3.8) is 0 Å². The number of hydrogen-bond donors (Lipinski definition) is 1. The molecule has 3 nitrogen and oxygen atoms in total. The molecule has 0 aliphatic heterocycles. The molecule has 0 radical (unpaired) electrons. The first-order valence-corrected chi connectivity index (χ1v) is 5.66. The molecule has 0 bridgehead atoms. The number of alkyl halides is 1. The van der Waals surface area contributed by atoms with E-state index in [1.807, 2.05) is 6.92 Å². The van der Waals surface area contributed by atoms with E-state index in [4.69, 9.17) is 11.6 Å². The summed E-state index contributed by atoms with van der Waals surface area (Å²) in [5, 5.41) is 3.31. The second-order valence-electron chi connectivity index (χ2n) is 4.45. The van der Waals surface area contributed by atoms with Crippen molar-refractivity contribution in [2.75, 3.05) is 17.7 Å². The van der Waals surface area contributed by atoms with Crippen LogP contribution in [0.4, 0.5) is 5.82 Å². The van der Waals surface area contributed by atoms with Gasteiger partial charge in [-0.15, -0.1) is 11.6 Å². The Morgan fingerprint density at radius 2 is 2.00 bits per heavy atom. The van der Waals surface area contributed by atoms with Gasteiger partial charge in [-0.25, -0.2) is 4.98 Å². The van der Waals surface area contributed by atoms with Crippen molar-refractivity contribution in [2.24, 2.45) is 5.41 Å². The molecule has 0 spiro atoms. The van der Waals surface area contributed by atoms with Crippen molar-refractivity contribution in [3.8, 4) is 0 Å². The number of hydrogen-bond acceptors (Lipinski definition) is 3. The molecule has 0 aromatic carbocycles. The summed E-state index contributed by atoms with van der Waals surface area (Å²) in [6.07, 6.45) is 4.38.